The summed E-state index contributed by atoms with van der Waals surface area (Å²) >= 11 is 0. The first-order valence-corrected chi connectivity index (χ1v) is 6.84. The summed E-state index contributed by atoms with van der Waals surface area (Å²) in [6.07, 6.45) is -0.391. The Morgan fingerprint density at radius 2 is 2.05 bits per heavy atom. The smallest absolute Gasteiger partial charge is 0.410 e. The molecule has 1 amide bonds. The van der Waals surface area contributed by atoms with Gasteiger partial charge in [0, 0.05) is 18.8 Å². The maximum atomic E-state index is 12.2. The van der Waals surface area contributed by atoms with Crippen molar-refractivity contribution in [2.45, 2.75) is 32.9 Å². The topological polar surface area (TPSA) is 78.9 Å². The summed E-state index contributed by atoms with van der Waals surface area (Å²) in [4.78, 5) is 24.8. The summed E-state index contributed by atoms with van der Waals surface area (Å²) in [7, 11) is 0. The van der Waals surface area contributed by atoms with Gasteiger partial charge >= 0.3 is 12.1 Å². The number of nitrogens with zero attached hydrogens (tertiary/aromatic N) is 1. The minimum absolute atomic E-state index is 0.210. The fourth-order valence-electron chi connectivity index (χ4n) is 2.12. The van der Waals surface area contributed by atoms with Crippen LogP contribution in [0, 0.1) is 0 Å². The molecule has 0 unspecified atom stereocenters. The van der Waals surface area contributed by atoms with Gasteiger partial charge in [-0.1, -0.05) is 0 Å². The highest BCUT2D eigenvalue weighted by molar-refractivity contribution is 5.88. The molecule has 2 rings (SSSR count). The fourth-order valence-corrected chi connectivity index (χ4v) is 2.12. The number of carboxylic acid groups (broad SMARTS) is 1. The van der Waals surface area contributed by atoms with Crippen molar-refractivity contribution in [1.82, 2.24) is 4.90 Å². The third-order valence-electron chi connectivity index (χ3n) is 3.06. The van der Waals surface area contributed by atoms with E-state index in [1.54, 1.807) is 23.1 Å². The maximum Gasteiger partial charge on any atom is 0.410 e. The van der Waals surface area contributed by atoms with Gasteiger partial charge in [-0.3, -0.25) is 0 Å². The first-order chi connectivity index (χ1) is 9.76. The van der Waals surface area contributed by atoms with E-state index in [2.05, 4.69) is 5.32 Å². The van der Waals surface area contributed by atoms with Crippen LogP contribution in [0.2, 0.25) is 0 Å². The predicted molar refractivity (Wildman–Crippen MR) is 78.5 cm³/mol. The molecule has 0 saturated heterocycles. The van der Waals surface area contributed by atoms with Crippen LogP contribution in [0.1, 0.15) is 36.7 Å². The molecule has 0 spiro atoms. The Kier molecular flexibility index (Phi) is 4.06. The molecule has 1 aliphatic heterocycles. The molecule has 2 N–H and O–H groups in total. The van der Waals surface area contributed by atoms with Crippen LogP contribution in [0.4, 0.5) is 10.5 Å². The van der Waals surface area contributed by atoms with Gasteiger partial charge in [-0.05, 0) is 44.5 Å². The molecular weight excluding hydrogens is 272 g/mol. The number of amides is 1. The van der Waals surface area contributed by atoms with Gasteiger partial charge in [-0.2, -0.15) is 0 Å². The highest BCUT2D eigenvalue weighted by Crippen LogP contribution is 2.23. The van der Waals surface area contributed by atoms with Crippen LogP contribution in [0.25, 0.3) is 0 Å². The van der Waals surface area contributed by atoms with Crippen LogP contribution in [-0.4, -0.2) is 40.8 Å². The number of carbonyl (C=O) groups is 2. The van der Waals surface area contributed by atoms with E-state index in [1.165, 1.54) is 0 Å². The number of ether oxygens (including phenoxy) is 1. The SMILES string of the molecule is CC(C)(C)OC(=O)N1CCNc2ccc(C(=O)O)cc2C1. The Morgan fingerprint density at radius 1 is 1.33 bits per heavy atom. The van der Waals surface area contributed by atoms with Gasteiger partial charge in [0.05, 0.1) is 12.1 Å². The summed E-state index contributed by atoms with van der Waals surface area (Å²) < 4.78 is 5.37. The number of carbonyl (C=O) groups excluding carboxylic acids is 1. The van der Waals surface area contributed by atoms with E-state index in [0.29, 0.717) is 19.6 Å². The minimum Gasteiger partial charge on any atom is -0.478 e. The Balaban J connectivity index is 2.21. The molecule has 1 heterocycles. The van der Waals surface area contributed by atoms with Gasteiger partial charge in [-0.15, -0.1) is 0 Å². The zero-order valence-electron chi connectivity index (χ0n) is 12.5. The average Bonchev–Trinajstić information content (AvgIpc) is 2.57. The molecular formula is C15H20N2O4. The van der Waals surface area contributed by atoms with Gasteiger partial charge in [-0.25, -0.2) is 9.59 Å². The molecule has 0 aromatic heterocycles. The van der Waals surface area contributed by atoms with Crippen LogP contribution in [0.3, 0.4) is 0 Å². The van der Waals surface area contributed by atoms with Crippen molar-refractivity contribution in [3.05, 3.63) is 29.3 Å². The summed E-state index contributed by atoms with van der Waals surface area (Å²) in [6, 6.07) is 4.88. The highest BCUT2D eigenvalue weighted by Gasteiger charge is 2.24. The average molecular weight is 292 g/mol. The zero-order valence-corrected chi connectivity index (χ0v) is 12.5. The van der Waals surface area contributed by atoms with Gasteiger partial charge in [0.15, 0.2) is 0 Å². The van der Waals surface area contributed by atoms with Crippen LogP contribution in [0.5, 0.6) is 0 Å². The van der Waals surface area contributed by atoms with Crippen LogP contribution < -0.4 is 5.32 Å². The standard InChI is InChI=1S/C15H20N2O4/c1-15(2,3)21-14(20)17-7-6-16-12-5-4-10(13(18)19)8-11(12)9-17/h4-5,8,16H,6-7,9H2,1-3H3,(H,18,19). The van der Waals surface area contributed by atoms with E-state index >= 15 is 0 Å². The zero-order chi connectivity index (χ0) is 15.6. The van der Waals surface area contributed by atoms with Crippen LogP contribution >= 0.6 is 0 Å². The van der Waals surface area contributed by atoms with E-state index < -0.39 is 17.7 Å². The third-order valence-corrected chi connectivity index (χ3v) is 3.06. The second-order valence-electron chi connectivity index (χ2n) is 6.01. The molecule has 6 heteroatoms. The van der Waals surface area contributed by atoms with Gasteiger partial charge in [0.1, 0.15) is 5.60 Å². The molecule has 0 atom stereocenters. The minimum atomic E-state index is -0.981. The van der Waals surface area contributed by atoms with Crippen molar-refractivity contribution in [2.75, 3.05) is 18.4 Å². The maximum absolute atomic E-state index is 12.2. The number of aromatic carboxylic acids is 1. The molecule has 1 aliphatic rings. The van der Waals surface area contributed by atoms with E-state index in [9.17, 15) is 9.59 Å². The quantitative estimate of drug-likeness (QED) is 0.831. The first-order valence-electron chi connectivity index (χ1n) is 6.84. The Morgan fingerprint density at radius 3 is 2.67 bits per heavy atom. The number of nitrogens with one attached hydrogen (secondary N) is 1. The number of rotatable bonds is 1. The molecule has 0 saturated carbocycles. The number of carboxylic acids is 1. The second-order valence-corrected chi connectivity index (χ2v) is 6.01. The molecule has 1 aromatic rings. The number of hydrogen-bond acceptors (Lipinski definition) is 4. The monoisotopic (exact) mass is 292 g/mol. The summed E-state index contributed by atoms with van der Waals surface area (Å²) in [5, 5.41) is 12.3. The van der Waals surface area contributed by atoms with Crippen molar-refractivity contribution in [2.24, 2.45) is 0 Å². The lowest BCUT2D eigenvalue weighted by molar-refractivity contribution is 0.0245. The highest BCUT2D eigenvalue weighted by atomic mass is 16.6. The van der Waals surface area contributed by atoms with Gasteiger partial charge in [0.2, 0.25) is 0 Å². The van der Waals surface area contributed by atoms with Gasteiger partial charge < -0.3 is 20.1 Å². The van der Waals surface area contributed by atoms with Crippen LogP contribution in [-0.2, 0) is 11.3 Å². The van der Waals surface area contributed by atoms with Crippen molar-refractivity contribution in [1.29, 1.82) is 0 Å². The fraction of sp³-hybridized carbons (Fsp3) is 0.467. The summed E-state index contributed by atoms with van der Waals surface area (Å²) in [5.74, 6) is -0.981. The Bertz CT molecular complexity index is 563. The third kappa shape index (κ3) is 3.87. The van der Waals surface area contributed by atoms with Crippen molar-refractivity contribution in [3.63, 3.8) is 0 Å². The van der Waals surface area contributed by atoms with E-state index in [-0.39, 0.29) is 5.56 Å². The molecule has 114 valence electrons. The van der Waals surface area contributed by atoms with Gasteiger partial charge in [0.25, 0.3) is 0 Å². The van der Waals surface area contributed by atoms with Crippen molar-refractivity contribution >= 4 is 17.7 Å². The number of anilines is 1. The lowest BCUT2D eigenvalue weighted by atomic mass is 10.1. The lowest BCUT2D eigenvalue weighted by Gasteiger charge is -2.26. The molecule has 21 heavy (non-hydrogen) atoms. The normalized spacial score (nSPS) is 14.7. The number of hydrogen-bond donors (Lipinski definition) is 2. The van der Waals surface area contributed by atoms with Crippen molar-refractivity contribution in [3.8, 4) is 0 Å². The largest absolute Gasteiger partial charge is 0.478 e. The Labute approximate surface area is 123 Å². The molecule has 0 bridgehead atoms. The Hall–Kier alpha value is -2.24. The molecule has 1 aromatic carbocycles. The number of fused-ring (bicyclic) bond motifs is 1. The van der Waals surface area contributed by atoms with E-state index in [4.69, 9.17) is 9.84 Å². The summed E-state index contributed by atoms with van der Waals surface area (Å²) in [5.41, 5.74) is 1.29. The molecule has 0 fully saturated rings. The summed E-state index contributed by atoms with van der Waals surface area (Å²) in [6.45, 7) is 6.88. The molecule has 0 radical (unpaired) electrons. The van der Waals surface area contributed by atoms with E-state index in [0.717, 1.165) is 11.3 Å². The molecule has 6 nitrogen and oxygen atoms in total. The van der Waals surface area contributed by atoms with Crippen molar-refractivity contribution < 1.29 is 19.4 Å². The number of benzene rings is 1. The lowest BCUT2D eigenvalue weighted by Crippen LogP contribution is -2.37. The molecule has 0 aliphatic carbocycles. The predicted octanol–water partition coefficient (Wildman–Crippen LogP) is 2.55. The van der Waals surface area contributed by atoms with Crippen LogP contribution in [0.15, 0.2) is 18.2 Å². The first kappa shape index (κ1) is 15.2. The second kappa shape index (κ2) is 5.63. The van der Waals surface area contributed by atoms with E-state index in [1.807, 2.05) is 20.8 Å².